The lowest BCUT2D eigenvalue weighted by Gasteiger charge is -2.13. The van der Waals surface area contributed by atoms with Gasteiger partial charge in [-0.2, -0.15) is 0 Å². The molecule has 1 N–H and O–H groups in total. The van der Waals surface area contributed by atoms with Crippen molar-refractivity contribution in [1.82, 2.24) is 10.3 Å². The van der Waals surface area contributed by atoms with Gasteiger partial charge in [0.15, 0.2) is 11.3 Å². The zero-order valence-electron chi connectivity index (χ0n) is 15.4. The molecule has 2 aromatic heterocycles. The first-order chi connectivity index (χ1) is 13.0. The van der Waals surface area contributed by atoms with Crippen LogP contribution in [-0.2, 0) is 17.8 Å². The van der Waals surface area contributed by atoms with Crippen LogP contribution in [-0.4, -0.2) is 25.1 Å². The summed E-state index contributed by atoms with van der Waals surface area (Å²) in [5, 5.41) is 3.48. The van der Waals surface area contributed by atoms with Crippen LogP contribution in [0.4, 0.5) is 0 Å². The molecule has 0 saturated heterocycles. The maximum Gasteiger partial charge on any atom is 0.340 e. The van der Waals surface area contributed by atoms with Crippen molar-refractivity contribution >= 4 is 16.9 Å². The lowest BCUT2D eigenvalue weighted by molar-refractivity contribution is -0.120. The van der Waals surface area contributed by atoms with E-state index in [1.165, 1.54) is 14.2 Å². The number of amides is 1. The summed E-state index contributed by atoms with van der Waals surface area (Å²) in [7, 11) is 2.99. The number of carbonyl (C=O) groups is 1. The van der Waals surface area contributed by atoms with Crippen molar-refractivity contribution in [3.05, 3.63) is 63.8 Å². The topological polar surface area (TPSA) is 90.7 Å². The third-order valence-electron chi connectivity index (χ3n) is 4.35. The number of aromatic nitrogens is 1. The van der Waals surface area contributed by atoms with Crippen molar-refractivity contribution in [2.45, 2.75) is 19.9 Å². The normalized spacial score (nSPS) is 10.6. The third-order valence-corrected chi connectivity index (χ3v) is 4.35. The molecule has 3 aromatic rings. The van der Waals surface area contributed by atoms with E-state index in [2.05, 4.69) is 10.3 Å². The monoisotopic (exact) mass is 368 g/mol. The van der Waals surface area contributed by atoms with E-state index in [9.17, 15) is 9.59 Å². The molecule has 0 aliphatic rings. The highest BCUT2D eigenvalue weighted by Crippen LogP contribution is 2.36. The standard InChI is InChI=1S/C20H20N2O5/c1-12-14-6-7-16(25-2)19(26-3)18(14)27-20(24)15(12)9-17(23)22-11-13-5-4-8-21-10-13/h4-8,10H,9,11H2,1-3H3,(H,22,23). The van der Waals surface area contributed by atoms with E-state index >= 15 is 0 Å². The van der Waals surface area contributed by atoms with Gasteiger partial charge >= 0.3 is 5.63 Å². The number of nitrogens with one attached hydrogen (secondary N) is 1. The first-order valence-electron chi connectivity index (χ1n) is 8.38. The van der Waals surface area contributed by atoms with Crippen LogP contribution >= 0.6 is 0 Å². The molecule has 0 saturated carbocycles. The van der Waals surface area contributed by atoms with Crippen molar-refractivity contribution in [1.29, 1.82) is 0 Å². The first-order valence-corrected chi connectivity index (χ1v) is 8.38. The maximum absolute atomic E-state index is 12.5. The van der Waals surface area contributed by atoms with E-state index < -0.39 is 5.63 Å². The first kappa shape index (κ1) is 18.4. The van der Waals surface area contributed by atoms with Gasteiger partial charge in [0.05, 0.1) is 26.2 Å². The van der Waals surface area contributed by atoms with Crippen LogP contribution in [0.15, 0.2) is 45.9 Å². The summed E-state index contributed by atoms with van der Waals surface area (Å²) in [6, 6.07) is 7.18. The number of rotatable bonds is 6. The van der Waals surface area contributed by atoms with Crippen LogP contribution in [0.25, 0.3) is 11.0 Å². The second-order valence-corrected chi connectivity index (χ2v) is 5.99. The van der Waals surface area contributed by atoms with Crippen molar-refractivity contribution in [2.75, 3.05) is 14.2 Å². The number of fused-ring (bicyclic) bond motifs is 1. The van der Waals surface area contributed by atoms with Crippen molar-refractivity contribution in [3.8, 4) is 11.5 Å². The molecule has 3 rings (SSSR count). The lowest BCUT2D eigenvalue weighted by Crippen LogP contribution is -2.27. The van der Waals surface area contributed by atoms with Gasteiger partial charge in [-0.1, -0.05) is 6.07 Å². The highest BCUT2D eigenvalue weighted by Gasteiger charge is 2.19. The van der Waals surface area contributed by atoms with E-state index in [4.69, 9.17) is 13.9 Å². The Kier molecular flexibility index (Phi) is 5.40. The maximum atomic E-state index is 12.5. The third kappa shape index (κ3) is 3.76. The van der Waals surface area contributed by atoms with Gasteiger partial charge < -0.3 is 19.2 Å². The minimum absolute atomic E-state index is 0.0707. The summed E-state index contributed by atoms with van der Waals surface area (Å²) in [4.78, 5) is 28.8. The molecule has 7 nitrogen and oxygen atoms in total. The highest BCUT2D eigenvalue weighted by atomic mass is 16.5. The second-order valence-electron chi connectivity index (χ2n) is 5.99. The van der Waals surface area contributed by atoms with Gasteiger partial charge in [0.1, 0.15) is 0 Å². The Balaban J connectivity index is 1.89. The Morgan fingerprint density at radius 3 is 2.70 bits per heavy atom. The summed E-state index contributed by atoms with van der Waals surface area (Å²) >= 11 is 0. The largest absolute Gasteiger partial charge is 0.493 e. The molecule has 0 spiro atoms. The molecular weight excluding hydrogens is 348 g/mol. The molecule has 7 heteroatoms. The summed E-state index contributed by atoms with van der Waals surface area (Å²) in [5.41, 5.74) is 1.61. The Morgan fingerprint density at radius 2 is 2.04 bits per heavy atom. The molecule has 1 aromatic carbocycles. The molecule has 0 unspecified atom stereocenters. The quantitative estimate of drug-likeness (QED) is 0.672. The zero-order valence-corrected chi connectivity index (χ0v) is 15.4. The Morgan fingerprint density at radius 1 is 1.22 bits per heavy atom. The van der Waals surface area contributed by atoms with Crippen LogP contribution in [0.2, 0.25) is 0 Å². The number of methoxy groups -OCH3 is 2. The molecule has 140 valence electrons. The summed E-state index contributed by atoms with van der Waals surface area (Å²) in [6.07, 6.45) is 3.27. The van der Waals surface area contributed by atoms with E-state index in [1.54, 1.807) is 37.5 Å². The van der Waals surface area contributed by atoms with Gasteiger partial charge in [-0.05, 0) is 36.2 Å². The SMILES string of the molecule is COc1ccc2c(C)c(CC(=O)NCc3cccnc3)c(=O)oc2c1OC. The molecule has 0 radical (unpaired) electrons. The van der Waals surface area contributed by atoms with E-state index in [-0.39, 0.29) is 12.3 Å². The van der Waals surface area contributed by atoms with E-state index in [0.717, 1.165) is 5.56 Å². The van der Waals surface area contributed by atoms with Crippen LogP contribution in [0.3, 0.4) is 0 Å². The number of hydrogen-bond donors (Lipinski definition) is 1. The van der Waals surface area contributed by atoms with Gasteiger partial charge in [0, 0.05) is 24.3 Å². The number of ether oxygens (including phenoxy) is 2. The van der Waals surface area contributed by atoms with E-state index in [0.29, 0.717) is 40.1 Å². The molecule has 1 amide bonds. The lowest BCUT2D eigenvalue weighted by atomic mass is 10.0. The van der Waals surface area contributed by atoms with E-state index in [1.807, 2.05) is 6.07 Å². The fourth-order valence-corrected chi connectivity index (χ4v) is 2.90. The molecular formula is C20H20N2O5. The van der Waals surface area contributed by atoms with Gasteiger partial charge in [0.25, 0.3) is 0 Å². The van der Waals surface area contributed by atoms with Crippen LogP contribution in [0.1, 0.15) is 16.7 Å². The van der Waals surface area contributed by atoms with Gasteiger partial charge in [0.2, 0.25) is 11.7 Å². The number of pyridine rings is 1. The Labute approximate surface area is 155 Å². The smallest absolute Gasteiger partial charge is 0.340 e. The predicted octanol–water partition coefficient (Wildman–Crippen LogP) is 2.37. The van der Waals surface area contributed by atoms with Crippen molar-refractivity contribution < 1.29 is 18.7 Å². The fourth-order valence-electron chi connectivity index (χ4n) is 2.90. The van der Waals surface area contributed by atoms with Gasteiger partial charge in [-0.25, -0.2) is 4.79 Å². The molecule has 0 aliphatic carbocycles. The molecule has 2 heterocycles. The molecule has 0 aliphatic heterocycles. The Hall–Kier alpha value is -3.35. The summed E-state index contributed by atoms with van der Waals surface area (Å²) in [6.45, 7) is 2.13. The molecule has 27 heavy (non-hydrogen) atoms. The summed E-state index contributed by atoms with van der Waals surface area (Å²) < 4.78 is 16.0. The number of hydrogen-bond acceptors (Lipinski definition) is 6. The highest BCUT2D eigenvalue weighted by molar-refractivity contribution is 5.89. The van der Waals surface area contributed by atoms with Crippen molar-refractivity contribution in [3.63, 3.8) is 0 Å². The Bertz CT molecular complexity index is 1030. The van der Waals surface area contributed by atoms with Crippen LogP contribution in [0, 0.1) is 6.92 Å². The van der Waals surface area contributed by atoms with Crippen LogP contribution in [0.5, 0.6) is 11.5 Å². The fraction of sp³-hybridized carbons (Fsp3) is 0.250. The number of aryl methyl sites for hydroxylation is 1. The minimum Gasteiger partial charge on any atom is -0.493 e. The number of benzene rings is 1. The molecule has 0 bridgehead atoms. The van der Waals surface area contributed by atoms with Gasteiger partial charge in [-0.15, -0.1) is 0 Å². The minimum atomic E-state index is -0.567. The number of carbonyl (C=O) groups excluding carboxylic acids is 1. The second kappa shape index (κ2) is 7.90. The van der Waals surface area contributed by atoms with Gasteiger partial charge in [-0.3, -0.25) is 9.78 Å². The average molecular weight is 368 g/mol. The zero-order chi connectivity index (χ0) is 19.4. The predicted molar refractivity (Wildman–Crippen MR) is 100 cm³/mol. The van der Waals surface area contributed by atoms with Crippen molar-refractivity contribution in [2.24, 2.45) is 0 Å². The van der Waals surface area contributed by atoms with Crippen LogP contribution < -0.4 is 20.4 Å². The molecule has 0 atom stereocenters. The molecule has 0 fully saturated rings. The summed E-state index contributed by atoms with van der Waals surface area (Å²) in [5.74, 6) is 0.548. The number of nitrogens with zero attached hydrogens (tertiary/aromatic N) is 1. The average Bonchev–Trinajstić information content (AvgIpc) is 2.69.